The van der Waals surface area contributed by atoms with Crippen LogP contribution < -0.4 is 10.6 Å². The van der Waals surface area contributed by atoms with Gasteiger partial charge in [0.25, 0.3) is 0 Å². The van der Waals surface area contributed by atoms with Crippen LogP contribution in [0.1, 0.15) is 16.1 Å². The molecule has 0 amide bonds. The molecule has 0 bridgehead atoms. The number of aromatic carboxylic acids is 1. The maximum absolute atomic E-state index is 11.0. The van der Waals surface area contributed by atoms with Crippen molar-refractivity contribution in [1.82, 2.24) is 4.98 Å². The zero-order valence-corrected chi connectivity index (χ0v) is 9.83. The van der Waals surface area contributed by atoms with Gasteiger partial charge in [0.15, 0.2) is 0 Å². The van der Waals surface area contributed by atoms with E-state index in [0.29, 0.717) is 12.4 Å². The van der Waals surface area contributed by atoms with Gasteiger partial charge in [-0.05, 0) is 18.2 Å². The Balaban J connectivity index is 2.22. The molecular formula is C12H13N3O3. The number of nitrogens with two attached hydrogens (primary N) is 1. The normalized spacial score (nSPS) is 10.3. The first-order chi connectivity index (χ1) is 8.58. The summed E-state index contributed by atoms with van der Waals surface area (Å²) in [6.07, 6.45) is 2.93. The van der Waals surface area contributed by atoms with Crippen molar-refractivity contribution in [3.8, 4) is 0 Å². The van der Waals surface area contributed by atoms with Crippen LogP contribution in [-0.4, -0.2) is 23.1 Å². The lowest BCUT2D eigenvalue weighted by Gasteiger charge is -2.17. The van der Waals surface area contributed by atoms with Gasteiger partial charge in [-0.2, -0.15) is 0 Å². The Morgan fingerprint density at radius 2 is 2.39 bits per heavy atom. The molecule has 6 nitrogen and oxygen atoms in total. The molecule has 3 N–H and O–H groups in total. The molecule has 2 aromatic rings. The number of carbonyl (C=O) groups is 1. The Morgan fingerprint density at radius 3 is 3.00 bits per heavy atom. The van der Waals surface area contributed by atoms with E-state index in [2.05, 4.69) is 4.98 Å². The Labute approximate surface area is 104 Å². The smallest absolute Gasteiger partial charge is 0.337 e. The van der Waals surface area contributed by atoms with Crippen molar-refractivity contribution < 1.29 is 14.3 Å². The standard InChI is InChI=1S/C12H13N3O3/c1-15(7-8-3-2-4-18-8)11-5-9(12(16)17)10(13)6-14-11/h2-6H,7,13H2,1H3,(H,16,17). The molecule has 0 atom stereocenters. The minimum atomic E-state index is -1.07. The van der Waals surface area contributed by atoms with Crippen LogP contribution in [0.4, 0.5) is 11.5 Å². The fraction of sp³-hybridized carbons (Fsp3) is 0.167. The lowest BCUT2D eigenvalue weighted by Crippen LogP contribution is -2.18. The van der Waals surface area contributed by atoms with Gasteiger partial charge in [0.05, 0.1) is 30.3 Å². The molecule has 0 radical (unpaired) electrons. The first kappa shape index (κ1) is 12.0. The van der Waals surface area contributed by atoms with Crippen molar-refractivity contribution in [1.29, 1.82) is 0 Å². The molecule has 0 saturated carbocycles. The van der Waals surface area contributed by atoms with Crippen molar-refractivity contribution in [3.05, 3.63) is 42.0 Å². The second-order valence-electron chi connectivity index (χ2n) is 3.87. The Bertz CT molecular complexity index is 552. The molecule has 2 rings (SSSR count). The molecule has 2 heterocycles. The Hall–Kier alpha value is -2.50. The molecule has 0 aliphatic rings. The van der Waals surface area contributed by atoms with Gasteiger partial charge in [-0.3, -0.25) is 0 Å². The van der Waals surface area contributed by atoms with Gasteiger partial charge in [-0.15, -0.1) is 0 Å². The third-order valence-corrected chi connectivity index (χ3v) is 2.51. The second kappa shape index (κ2) is 4.79. The van der Waals surface area contributed by atoms with Gasteiger partial charge in [-0.1, -0.05) is 0 Å². The number of hydrogen-bond donors (Lipinski definition) is 2. The average molecular weight is 247 g/mol. The van der Waals surface area contributed by atoms with E-state index in [-0.39, 0.29) is 11.3 Å². The summed E-state index contributed by atoms with van der Waals surface area (Å²) < 4.78 is 5.22. The first-order valence-electron chi connectivity index (χ1n) is 5.30. The van der Waals surface area contributed by atoms with Crippen molar-refractivity contribution >= 4 is 17.5 Å². The van der Waals surface area contributed by atoms with Crippen LogP contribution in [0.5, 0.6) is 0 Å². The summed E-state index contributed by atoms with van der Waals surface area (Å²) in [5, 5.41) is 8.98. The van der Waals surface area contributed by atoms with E-state index in [4.69, 9.17) is 15.3 Å². The Kier molecular flexibility index (Phi) is 3.18. The van der Waals surface area contributed by atoms with Crippen molar-refractivity contribution in [3.63, 3.8) is 0 Å². The topological polar surface area (TPSA) is 92.6 Å². The molecule has 0 fully saturated rings. The Morgan fingerprint density at radius 1 is 1.61 bits per heavy atom. The lowest BCUT2D eigenvalue weighted by molar-refractivity contribution is 0.0698. The SMILES string of the molecule is CN(Cc1ccco1)c1cc(C(=O)O)c(N)cn1. The van der Waals surface area contributed by atoms with Crippen LogP contribution in [0.25, 0.3) is 0 Å². The summed E-state index contributed by atoms with van der Waals surface area (Å²) >= 11 is 0. The molecule has 0 saturated heterocycles. The number of nitrogen functional groups attached to an aromatic ring is 1. The van der Waals surface area contributed by atoms with E-state index in [1.165, 1.54) is 12.3 Å². The number of carboxylic acid groups (broad SMARTS) is 1. The van der Waals surface area contributed by atoms with E-state index in [1.807, 2.05) is 6.07 Å². The van der Waals surface area contributed by atoms with Gasteiger partial charge < -0.3 is 20.2 Å². The molecule has 0 unspecified atom stereocenters. The van der Waals surface area contributed by atoms with Gasteiger partial charge in [0, 0.05) is 7.05 Å². The van der Waals surface area contributed by atoms with E-state index >= 15 is 0 Å². The van der Waals surface area contributed by atoms with Crippen molar-refractivity contribution in [2.45, 2.75) is 6.54 Å². The summed E-state index contributed by atoms with van der Waals surface area (Å²) in [7, 11) is 1.80. The van der Waals surface area contributed by atoms with Crippen LogP contribution in [0.15, 0.2) is 35.1 Å². The summed E-state index contributed by atoms with van der Waals surface area (Å²) in [4.78, 5) is 16.8. The van der Waals surface area contributed by atoms with Gasteiger partial charge >= 0.3 is 5.97 Å². The zero-order chi connectivity index (χ0) is 13.1. The minimum Gasteiger partial charge on any atom is -0.478 e. The van der Waals surface area contributed by atoms with Crippen molar-refractivity contribution in [2.75, 3.05) is 17.7 Å². The van der Waals surface area contributed by atoms with Gasteiger partial charge in [-0.25, -0.2) is 9.78 Å². The molecule has 18 heavy (non-hydrogen) atoms. The molecule has 0 aromatic carbocycles. The fourth-order valence-electron chi connectivity index (χ4n) is 1.57. The molecule has 0 spiro atoms. The van der Waals surface area contributed by atoms with Crippen LogP contribution >= 0.6 is 0 Å². The monoisotopic (exact) mass is 247 g/mol. The maximum Gasteiger partial charge on any atom is 0.337 e. The third-order valence-electron chi connectivity index (χ3n) is 2.51. The largest absolute Gasteiger partial charge is 0.478 e. The van der Waals surface area contributed by atoms with Crippen LogP contribution in [-0.2, 0) is 6.54 Å². The molecule has 94 valence electrons. The number of aromatic nitrogens is 1. The van der Waals surface area contributed by atoms with E-state index in [9.17, 15) is 4.79 Å². The number of rotatable bonds is 4. The lowest BCUT2D eigenvalue weighted by atomic mass is 10.2. The summed E-state index contributed by atoms with van der Waals surface area (Å²) in [6.45, 7) is 0.503. The number of carboxylic acids is 1. The van der Waals surface area contributed by atoms with Crippen LogP contribution in [0, 0.1) is 0 Å². The van der Waals surface area contributed by atoms with E-state index < -0.39 is 5.97 Å². The number of hydrogen-bond acceptors (Lipinski definition) is 5. The van der Waals surface area contributed by atoms with E-state index in [1.54, 1.807) is 24.3 Å². The molecule has 2 aromatic heterocycles. The minimum absolute atomic E-state index is 0.0475. The predicted molar refractivity (Wildman–Crippen MR) is 66.4 cm³/mol. The summed E-state index contributed by atoms with van der Waals surface area (Å²) in [5.41, 5.74) is 5.74. The van der Waals surface area contributed by atoms with Crippen molar-refractivity contribution in [2.24, 2.45) is 0 Å². The quantitative estimate of drug-likeness (QED) is 0.852. The fourth-order valence-corrected chi connectivity index (χ4v) is 1.57. The second-order valence-corrected chi connectivity index (χ2v) is 3.87. The number of pyridine rings is 1. The molecule has 6 heteroatoms. The van der Waals surface area contributed by atoms with Crippen LogP contribution in [0.2, 0.25) is 0 Å². The molecule has 0 aliphatic heterocycles. The highest BCUT2D eigenvalue weighted by Crippen LogP contribution is 2.18. The third kappa shape index (κ3) is 2.42. The van der Waals surface area contributed by atoms with Gasteiger partial charge in [0.2, 0.25) is 0 Å². The maximum atomic E-state index is 11.0. The number of nitrogens with zero attached hydrogens (tertiary/aromatic N) is 2. The van der Waals surface area contributed by atoms with Crippen LogP contribution in [0.3, 0.4) is 0 Å². The zero-order valence-electron chi connectivity index (χ0n) is 9.83. The summed E-state index contributed by atoms with van der Waals surface area (Å²) in [6, 6.07) is 5.08. The predicted octanol–water partition coefficient (Wildman–Crippen LogP) is 1.59. The van der Waals surface area contributed by atoms with E-state index in [0.717, 1.165) is 5.76 Å². The first-order valence-corrected chi connectivity index (χ1v) is 5.30. The number of furan rings is 1. The highest BCUT2D eigenvalue weighted by atomic mass is 16.4. The average Bonchev–Trinajstić information content (AvgIpc) is 2.81. The highest BCUT2D eigenvalue weighted by Gasteiger charge is 2.12. The molecule has 0 aliphatic carbocycles. The van der Waals surface area contributed by atoms with Gasteiger partial charge in [0.1, 0.15) is 11.6 Å². The molecular weight excluding hydrogens is 234 g/mol. The highest BCUT2D eigenvalue weighted by molar-refractivity contribution is 5.94. The number of anilines is 2. The summed E-state index contributed by atoms with van der Waals surface area (Å²) in [5.74, 6) is 0.230.